The van der Waals surface area contributed by atoms with Gasteiger partial charge in [0.1, 0.15) is 5.75 Å². The smallest absolute Gasteiger partial charge is 0.305 e. The zero-order chi connectivity index (χ0) is 24.8. The van der Waals surface area contributed by atoms with Crippen LogP contribution in [-0.4, -0.2) is 43.2 Å². The zero-order valence-corrected chi connectivity index (χ0v) is 22.8. The highest BCUT2D eigenvalue weighted by Gasteiger charge is 2.33. The molecule has 0 spiro atoms. The SMILES string of the molecule is CCC(C)(C)c1ccc(OCCCC(=O)OC[C@H]2CCCN3CCCC[C@@H]23)c(C(C)(C)CC)c1. The van der Waals surface area contributed by atoms with Gasteiger partial charge in [0.05, 0.1) is 13.2 Å². The Kier molecular flexibility index (Phi) is 9.49. The van der Waals surface area contributed by atoms with Crippen molar-refractivity contribution in [2.24, 2.45) is 5.92 Å². The maximum Gasteiger partial charge on any atom is 0.305 e. The van der Waals surface area contributed by atoms with Gasteiger partial charge in [0.2, 0.25) is 0 Å². The normalized spacial score (nSPS) is 21.7. The van der Waals surface area contributed by atoms with E-state index in [4.69, 9.17) is 9.47 Å². The van der Waals surface area contributed by atoms with Crippen LogP contribution in [0.3, 0.4) is 0 Å². The monoisotopic (exact) mass is 471 g/mol. The first-order valence-electron chi connectivity index (χ1n) is 13.9. The molecule has 0 saturated carbocycles. The summed E-state index contributed by atoms with van der Waals surface area (Å²) in [5.74, 6) is 1.39. The summed E-state index contributed by atoms with van der Waals surface area (Å²) in [5.41, 5.74) is 2.82. The Bertz CT molecular complexity index is 798. The number of carbonyl (C=O) groups excluding carboxylic acids is 1. The molecule has 2 heterocycles. The highest BCUT2D eigenvalue weighted by atomic mass is 16.5. The molecule has 2 saturated heterocycles. The Morgan fingerprint density at radius 1 is 1.00 bits per heavy atom. The Balaban J connectivity index is 1.49. The lowest BCUT2D eigenvalue weighted by molar-refractivity contribution is -0.146. The zero-order valence-electron chi connectivity index (χ0n) is 22.8. The number of nitrogens with zero attached hydrogens (tertiary/aromatic N) is 1. The maximum absolute atomic E-state index is 12.4. The fourth-order valence-corrected chi connectivity index (χ4v) is 5.44. The number of fused-ring (bicyclic) bond motifs is 1. The van der Waals surface area contributed by atoms with E-state index in [0.29, 0.717) is 38.0 Å². The average molecular weight is 472 g/mol. The van der Waals surface area contributed by atoms with Gasteiger partial charge in [0.25, 0.3) is 0 Å². The number of ether oxygens (including phenoxy) is 2. The molecule has 0 aromatic heterocycles. The van der Waals surface area contributed by atoms with Crippen LogP contribution in [0.4, 0.5) is 0 Å². The van der Waals surface area contributed by atoms with Crippen molar-refractivity contribution in [1.82, 2.24) is 4.90 Å². The van der Waals surface area contributed by atoms with Crippen molar-refractivity contribution < 1.29 is 14.3 Å². The van der Waals surface area contributed by atoms with Crippen molar-refractivity contribution in [3.05, 3.63) is 29.3 Å². The van der Waals surface area contributed by atoms with Gasteiger partial charge >= 0.3 is 5.97 Å². The molecule has 0 N–H and O–H groups in total. The summed E-state index contributed by atoms with van der Waals surface area (Å²) in [6, 6.07) is 7.31. The molecule has 0 aliphatic carbocycles. The third-order valence-corrected chi connectivity index (χ3v) is 8.73. The summed E-state index contributed by atoms with van der Waals surface area (Å²) in [4.78, 5) is 15.1. The highest BCUT2D eigenvalue weighted by molar-refractivity contribution is 5.69. The molecule has 1 aromatic rings. The first kappa shape index (κ1) is 27.0. The van der Waals surface area contributed by atoms with E-state index in [-0.39, 0.29) is 16.8 Å². The molecule has 2 fully saturated rings. The van der Waals surface area contributed by atoms with Crippen molar-refractivity contribution in [3.63, 3.8) is 0 Å². The fraction of sp³-hybridized carbons (Fsp3) is 0.767. The summed E-state index contributed by atoms with van der Waals surface area (Å²) >= 11 is 0. The van der Waals surface area contributed by atoms with Crippen LogP contribution in [-0.2, 0) is 20.4 Å². The molecule has 1 aromatic carbocycles. The van der Waals surface area contributed by atoms with Crippen LogP contribution in [0.1, 0.15) is 110 Å². The van der Waals surface area contributed by atoms with E-state index in [0.717, 1.165) is 18.6 Å². The molecule has 0 bridgehead atoms. The standard InChI is InChI=1S/C30H49NO3/c1-7-29(3,4)24-16-17-27(25(21-24)30(5,6)8-2)33-20-12-15-28(32)34-22-23-13-11-19-31-18-10-9-14-26(23)31/h16-17,21,23,26H,7-15,18-20,22H2,1-6H3/t23-,26+/m1/s1. The lowest BCUT2D eigenvalue weighted by atomic mass is 9.76. The van der Waals surface area contributed by atoms with Gasteiger partial charge in [0, 0.05) is 23.9 Å². The van der Waals surface area contributed by atoms with Gasteiger partial charge in [0.15, 0.2) is 0 Å². The second kappa shape index (κ2) is 11.9. The van der Waals surface area contributed by atoms with Crippen molar-refractivity contribution in [1.29, 1.82) is 0 Å². The van der Waals surface area contributed by atoms with E-state index in [1.165, 1.54) is 56.3 Å². The number of carbonyl (C=O) groups is 1. The number of hydrogen-bond donors (Lipinski definition) is 0. The van der Waals surface area contributed by atoms with Gasteiger partial charge in [-0.05, 0) is 80.5 Å². The highest BCUT2D eigenvalue weighted by Crippen LogP contribution is 2.38. The Morgan fingerprint density at radius 3 is 2.47 bits per heavy atom. The average Bonchev–Trinajstić information content (AvgIpc) is 2.85. The van der Waals surface area contributed by atoms with E-state index in [1.54, 1.807) is 0 Å². The Labute approximate surface area is 208 Å². The topological polar surface area (TPSA) is 38.8 Å². The summed E-state index contributed by atoms with van der Waals surface area (Å²) in [6.07, 6.45) is 9.58. The van der Waals surface area contributed by atoms with Crippen LogP contribution in [0.5, 0.6) is 5.75 Å². The van der Waals surface area contributed by atoms with E-state index >= 15 is 0 Å². The van der Waals surface area contributed by atoms with Crippen molar-refractivity contribution >= 4 is 5.97 Å². The van der Waals surface area contributed by atoms with Gasteiger partial charge in [-0.2, -0.15) is 0 Å². The number of rotatable bonds is 11. The van der Waals surface area contributed by atoms with Crippen molar-refractivity contribution in [2.45, 2.75) is 116 Å². The first-order valence-corrected chi connectivity index (χ1v) is 13.9. The molecular formula is C30H49NO3. The second-order valence-electron chi connectivity index (χ2n) is 11.8. The molecule has 0 radical (unpaired) electrons. The second-order valence-corrected chi connectivity index (χ2v) is 11.8. The van der Waals surface area contributed by atoms with Crippen LogP contribution in [0, 0.1) is 5.92 Å². The van der Waals surface area contributed by atoms with E-state index in [1.807, 2.05) is 0 Å². The molecule has 4 heteroatoms. The van der Waals surface area contributed by atoms with E-state index in [2.05, 4.69) is 64.6 Å². The van der Waals surface area contributed by atoms with Crippen LogP contribution < -0.4 is 4.74 Å². The van der Waals surface area contributed by atoms with Gasteiger partial charge in [-0.25, -0.2) is 0 Å². The van der Waals surface area contributed by atoms with Gasteiger partial charge < -0.3 is 9.47 Å². The molecule has 2 aliphatic heterocycles. The first-order chi connectivity index (χ1) is 16.2. The van der Waals surface area contributed by atoms with Gasteiger partial charge in [-0.15, -0.1) is 0 Å². The van der Waals surface area contributed by atoms with Crippen LogP contribution in [0.2, 0.25) is 0 Å². The third kappa shape index (κ3) is 6.77. The number of benzene rings is 1. The molecule has 3 rings (SSSR count). The molecule has 0 unspecified atom stereocenters. The molecule has 2 atom stereocenters. The summed E-state index contributed by atoms with van der Waals surface area (Å²) in [5, 5.41) is 0. The van der Waals surface area contributed by atoms with Crippen LogP contribution >= 0.6 is 0 Å². The maximum atomic E-state index is 12.4. The third-order valence-electron chi connectivity index (χ3n) is 8.73. The minimum Gasteiger partial charge on any atom is -0.493 e. The minimum atomic E-state index is -0.0781. The van der Waals surface area contributed by atoms with Crippen LogP contribution in [0.25, 0.3) is 0 Å². The Morgan fingerprint density at radius 2 is 1.74 bits per heavy atom. The molecule has 34 heavy (non-hydrogen) atoms. The van der Waals surface area contributed by atoms with E-state index < -0.39 is 0 Å². The fourth-order valence-electron chi connectivity index (χ4n) is 5.44. The van der Waals surface area contributed by atoms with Crippen molar-refractivity contribution in [3.8, 4) is 5.75 Å². The molecule has 4 nitrogen and oxygen atoms in total. The Hall–Kier alpha value is -1.55. The quantitative estimate of drug-likeness (QED) is 0.256. The minimum absolute atomic E-state index is 0.0428. The van der Waals surface area contributed by atoms with Gasteiger partial charge in [-0.3, -0.25) is 9.69 Å². The summed E-state index contributed by atoms with van der Waals surface area (Å²) in [7, 11) is 0. The summed E-state index contributed by atoms with van der Waals surface area (Å²) < 4.78 is 12.0. The molecular weight excluding hydrogens is 422 g/mol. The van der Waals surface area contributed by atoms with Crippen LogP contribution in [0.15, 0.2) is 18.2 Å². The number of piperidine rings is 2. The predicted molar refractivity (Wildman–Crippen MR) is 141 cm³/mol. The van der Waals surface area contributed by atoms with Gasteiger partial charge in [-0.1, -0.05) is 60.1 Å². The molecule has 192 valence electrons. The number of hydrogen-bond acceptors (Lipinski definition) is 4. The lowest BCUT2D eigenvalue weighted by Crippen LogP contribution is -2.49. The molecule has 0 amide bonds. The predicted octanol–water partition coefficient (Wildman–Crippen LogP) is 7.03. The largest absolute Gasteiger partial charge is 0.493 e. The number of esters is 1. The van der Waals surface area contributed by atoms with Crippen molar-refractivity contribution in [2.75, 3.05) is 26.3 Å². The molecule has 2 aliphatic rings. The summed E-state index contributed by atoms with van der Waals surface area (Å²) in [6.45, 7) is 17.2. The lowest BCUT2D eigenvalue weighted by Gasteiger charge is -2.44. The van der Waals surface area contributed by atoms with E-state index in [9.17, 15) is 4.79 Å².